The minimum atomic E-state index is -0.966. The summed E-state index contributed by atoms with van der Waals surface area (Å²) < 4.78 is 5.04. The smallest absolute Gasteiger partial charge is 0.305 e. The Morgan fingerprint density at radius 1 is 1.36 bits per heavy atom. The Morgan fingerprint density at radius 3 is 2.55 bits per heavy atom. The van der Waals surface area contributed by atoms with E-state index >= 15 is 0 Å². The molecule has 0 bridgehead atoms. The first-order chi connectivity index (χ1) is 10.3. The summed E-state index contributed by atoms with van der Waals surface area (Å²) in [7, 11) is 1.49. The van der Waals surface area contributed by atoms with Crippen molar-refractivity contribution in [2.24, 2.45) is 0 Å². The first kappa shape index (κ1) is 18.2. The van der Waals surface area contributed by atoms with Gasteiger partial charge in [-0.2, -0.15) is 0 Å². The Balaban J connectivity index is 2.71. The number of benzene rings is 1. The lowest BCUT2D eigenvalue weighted by molar-refractivity contribution is -0.139. The van der Waals surface area contributed by atoms with E-state index in [9.17, 15) is 9.59 Å². The van der Waals surface area contributed by atoms with Crippen molar-refractivity contribution in [1.82, 2.24) is 5.32 Å². The van der Waals surface area contributed by atoms with Gasteiger partial charge in [-0.1, -0.05) is 31.2 Å². The van der Waals surface area contributed by atoms with Gasteiger partial charge in [0.15, 0.2) is 0 Å². The summed E-state index contributed by atoms with van der Waals surface area (Å²) in [6, 6.07) is 7.95. The molecule has 0 aliphatic carbocycles. The third-order valence-electron chi connectivity index (χ3n) is 3.66. The van der Waals surface area contributed by atoms with Crippen LogP contribution in [-0.4, -0.2) is 36.2 Å². The predicted molar refractivity (Wildman–Crippen MR) is 84.9 cm³/mol. The molecule has 5 nitrogen and oxygen atoms in total. The van der Waals surface area contributed by atoms with Gasteiger partial charge >= 0.3 is 5.97 Å². The maximum atomic E-state index is 12.3. The molecule has 0 saturated heterocycles. The average molecular weight is 307 g/mol. The Kier molecular flexibility index (Phi) is 6.56. The number of amides is 1. The van der Waals surface area contributed by atoms with Crippen LogP contribution in [-0.2, 0) is 14.3 Å². The van der Waals surface area contributed by atoms with E-state index in [1.54, 1.807) is 6.92 Å². The fourth-order valence-corrected chi connectivity index (χ4v) is 2.70. The number of nitrogens with one attached hydrogen (secondary N) is 1. The molecule has 2 unspecified atom stereocenters. The quantitative estimate of drug-likeness (QED) is 0.773. The maximum absolute atomic E-state index is 12.3. The lowest BCUT2D eigenvalue weighted by Crippen LogP contribution is -2.51. The second-order valence-corrected chi connectivity index (χ2v) is 6.07. The van der Waals surface area contributed by atoms with Crippen LogP contribution in [0.25, 0.3) is 0 Å². The Labute approximate surface area is 131 Å². The van der Waals surface area contributed by atoms with E-state index in [4.69, 9.17) is 9.84 Å². The van der Waals surface area contributed by atoms with Crippen LogP contribution in [0, 0.1) is 6.92 Å². The van der Waals surface area contributed by atoms with Crippen LogP contribution < -0.4 is 5.32 Å². The predicted octanol–water partition coefficient (Wildman–Crippen LogP) is 2.48. The highest BCUT2D eigenvalue weighted by atomic mass is 16.5. The molecular formula is C17H25NO4. The van der Waals surface area contributed by atoms with Gasteiger partial charge in [0.25, 0.3) is 0 Å². The minimum Gasteiger partial charge on any atom is -0.481 e. The number of aryl methyl sites for hydroxylation is 1. The van der Waals surface area contributed by atoms with E-state index in [2.05, 4.69) is 5.32 Å². The largest absolute Gasteiger partial charge is 0.481 e. The molecule has 0 fully saturated rings. The number of methoxy groups -OCH3 is 1. The molecule has 0 aliphatic heterocycles. The van der Waals surface area contributed by atoms with Gasteiger partial charge in [-0.15, -0.1) is 0 Å². The minimum absolute atomic E-state index is 0.0674. The fourth-order valence-electron chi connectivity index (χ4n) is 2.70. The molecule has 0 aliphatic rings. The molecular weight excluding hydrogens is 282 g/mol. The zero-order valence-corrected chi connectivity index (χ0v) is 13.7. The van der Waals surface area contributed by atoms with Crippen molar-refractivity contribution in [3.05, 3.63) is 35.4 Å². The van der Waals surface area contributed by atoms with Gasteiger partial charge in [-0.3, -0.25) is 9.59 Å². The first-order valence-electron chi connectivity index (χ1n) is 7.34. The molecule has 1 aromatic rings. The van der Waals surface area contributed by atoms with Crippen molar-refractivity contribution in [2.45, 2.75) is 45.1 Å². The summed E-state index contributed by atoms with van der Waals surface area (Å²) in [4.78, 5) is 23.2. The van der Waals surface area contributed by atoms with Crippen LogP contribution in [0.3, 0.4) is 0 Å². The van der Waals surface area contributed by atoms with Gasteiger partial charge in [0.05, 0.1) is 18.6 Å². The van der Waals surface area contributed by atoms with Crippen LogP contribution in [0.4, 0.5) is 0 Å². The Morgan fingerprint density at radius 2 is 2.00 bits per heavy atom. The molecule has 2 N–H and O–H groups in total. The van der Waals surface area contributed by atoms with Crippen molar-refractivity contribution >= 4 is 11.9 Å². The molecule has 1 amide bonds. The zero-order valence-electron chi connectivity index (χ0n) is 13.7. The standard InChI is InChI=1S/C17H25NO4/c1-12-7-5-6-8-14(12)13(2)9-15(19)18-17(3,11-22-4)10-16(20)21/h5-8,13H,9-11H2,1-4H3,(H,18,19)(H,20,21). The number of aliphatic carboxylic acids is 1. The SMILES string of the molecule is COCC(C)(CC(=O)O)NC(=O)CC(C)c1ccccc1C. The van der Waals surface area contributed by atoms with Gasteiger partial charge < -0.3 is 15.2 Å². The van der Waals surface area contributed by atoms with E-state index in [0.29, 0.717) is 6.42 Å². The Hall–Kier alpha value is -1.88. The van der Waals surface area contributed by atoms with Crippen LogP contribution >= 0.6 is 0 Å². The molecule has 0 aromatic heterocycles. The number of carbonyl (C=O) groups is 2. The number of ether oxygens (including phenoxy) is 1. The summed E-state index contributed by atoms with van der Waals surface area (Å²) in [5.41, 5.74) is 1.38. The van der Waals surface area contributed by atoms with Gasteiger partial charge in [-0.25, -0.2) is 0 Å². The second kappa shape index (κ2) is 7.94. The highest BCUT2D eigenvalue weighted by Gasteiger charge is 2.30. The van der Waals surface area contributed by atoms with Gasteiger partial charge in [0.1, 0.15) is 0 Å². The van der Waals surface area contributed by atoms with E-state index < -0.39 is 11.5 Å². The molecule has 1 rings (SSSR count). The highest BCUT2D eigenvalue weighted by Crippen LogP contribution is 2.23. The van der Waals surface area contributed by atoms with Crippen LogP contribution in [0.15, 0.2) is 24.3 Å². The van der Waals surface area contributed by atoms with Crippen molar-refractivity contribution < 1.29 is 19.4 Å². The summed E-state index contributed by atoms with van der Waals surface area (Å²) >= 11 is 0. The van der Waals surface area contributed by atoms with Crippen molar-refractivity contribution in [3.8, 4) is 0 Å². The second-order valence-electron chi connectivity index (χ2n) is 6.07. The van der Waals surface area contributed by atoms with E-state index in [1.807, 2.05) is 38.1 Å². The van der Waals surface area contributed by atoms with E-state index in [0.717, 1.165) is 11.1 Å². The van der Waals surface area contributed by atoms with Gasteiger partial charge in [-0.05, 0) is 30.9 Å². The number of hydrogen-bond donors (Lipinski definition) is 2. The van der Waals surface area contributed by atoms with Crippen LogP contribution in [0.1, 0.15) is 43.7 Å². The summed E-state index contributed by atoms with van der Waals surface area (Å²) in [5.74, 6) is -1.07. The lowest BCUT2D eigenvalue weighted by Gasteiger charge is -2.29. The van der Waals surface area contributed by atoms with Crippen molar-refractivity contribution in [3.63, 3.8) is 0 Å². The summed E-state index contributed by atoms with van der Waals surface area (Å²) in [6.07, 6.45) is 0.134. The topological polar surface area (TPSA) is 75.6 Å². The van der Waals surface area contributed by atoms with Crippen molar-refractivity contribution in [1.29, 1.82) is 0 Å². The third-order valence-corrected chi connectivity index (χ3v) is 3.66. The van der Waals surface area contributed by atoms with Gasteiger partial charge in [0, 0.05) is 13.5 Å². The third kappa shape index (κ3) is 5.48. The number of hydrogen-bond acceptors (Lipinski definition) is 3. The molecule has 22 heavy (non-hydrogen) atoms. The zero-order chi connectivity index (χ0) is 16.8. The van der Waals surface area contributed by atoms with Crippen molar-refractivity contribution in [2.75, 3.05) is 13.7 Å². The van der Waals surface area contributed by atoms with Crippen LogP contribution in [0.5, 0.6) is 0 Å². The van der Waals surface area contributed by atoms with Crippen LogP contribution in [0.2, 0.25) is 0 Å². The molecule has 5 heteroatoms. The molecule has 0 heterocycles. The molecule has 1 aromatic carbocycles. The van der Waals surface area contributed by atoms with E-state index in [1.165, 1.54) is 7.11 Å². The molecule has 0 radical (unpaired) electrons. The molecule has 2 atom stereocenters. The summed E-state index contributed by atoms with van der Waals surface area (Å²) in [5, 5.41) is 11.8. The number of carbonyl (C=O) groups excluding carboxylic acids is 1. The highest BCUT2D eigenvalue weighted by molar-refractivity contribution is 5.79. The molecule has 122 valence electrons. The average Bonchev–Trinajstić information content (AvgIpc) is 2.37. The molecule has 0 spiro atoms. The lowest BCUT2D eigenvalue weighted by atomic mass is 9.92. The fraction of sp³-hybridized carbons (Fsp3) is 0.529. The number of carboxylic acids is 1. The molecule has 0 saturated carbocycles. The number of carboxylic acid groups (broad SMARTS) is 1. The number of rotatable bonds is 8. The van der Waals surface area contributed by atoms with E-state index in [-0.39, 0.29) is 24.9 Å². The maximum Gasteiger partial charge on any atom is 0.305 e. The van der Waals surface area contributed by atoms with Gasteiger partial charge in [0.2, 0.25) is 5.91 Å². The first-order valence-corrected chi connectivity index (χ1v) is 7.34. The summed E-state index contributed by atoms with van der Waals surface area (Å²) in [6.45, 7) is 5.85. The monoisotopic (exact) mass is 307 g/mol. The Bertz CT molecular complexity index is 529. The normalized spacial score (nSPS) is 14.9.